The summed E-state index contributed by atoms with van der Waals surface area (Å²) in [6.07, 6.45) is 4.21. The van der Waals surface area contributed by atoms with Crippen LogP contribution < -0.4 is 4.74 Å². The second-order valence-electron chi connectivity index (χ2n) is 10.6. The topological polar surface area (TPSA) is 121 Å². The fourth-order valence-electron chi connectivity index (χ4n) is 6.69. The number of carbonyl (C=O) groups excluding carboxylic acids is 4. The number of imide groups is 1. The summed E-state index contributed by atoms with van der Waals surface area (Å²) in [5.41, 5.74) is 3.00. The molecule has 4 atom stereocenters. The third-order valence-electron chi connectivity index (χ3n) is 8.51. The fourth-order valence-corrected chi connectivity index (χ4v) is 7.14. The summed E-state index contributed by atoms with van der Waals surface area (Å²) in [7, 11) is 1.47. The van der Waals surface area contributed by atoms with Gasteiger partial charge in [0.2, 0.25) is 11.8 Å². The Bertz CT molecular complexity index is 1570. The van der Waals surface area contributed by atoms with Gasteiger partial charge in [-0.15, -0.1) is 0 Å². The summed E-state index contributed by atoms with van der Waals surface area (Å²) in [6, 6.07) is 11.3. The first kappa shape index (κ1) is 26.3. The van der Waals surface area contributed by atoms with Crippen LogP contribution in [0.4, 0.5) is 0 Å². The zero-order valence-electron chi connectivity index (χ0n) is 21.6. The quantitative estimate of drug-likeness (QED) is 0.300. The number of halogens is 1. The first-order valence-corrected chi connectivity index (χ1v) is 13.9. The van der Waals surface area contributed by atoms with Crippen molar-refractivity contribution >= 4 is 39.3 Å². The number of aromatic hydroxyl groups is 2. The van der Waals surface area contributed by atoms with E-state index >= 15 is 0 Å². The first-order chi connectivity index (χ1) is 19.2. The fraction of sp³-hybridized carbons (Fsp3) is 0.290. The molecule has 6 rings (SSSR count). The van der Waals surface area contributed by atoms with Crippen LogP contribution in [-0.2, 0) is 25.6 Å². The van der Waals surface area contributed by atoms with Crippen LogP contribution in [0.3, 0.4) is 0 Å². The number of phenolic OH excluding ortho intramolecular Hbond substituents is 2. The van der Waals surface area contributed by atoms with Gasteiger partial charge >= 0.3 is 0 Å². The van der Waals surface area contributed by atoms with Gasteiger partial charge in [0.1, 0.15) is 17.2 Å². The lowest BCUT2D eigenvalue weighted by Gasteiger charge is -2.42. The number of amides is 2. The minimum Gasteiger partial charge on any atom is -0.508 e. The van der Waals surface area contributed by atoms with Gasteiger partial charge in [0.15, 0.2) is 11.6 Å². The number of nitrogens with zero attached hydrogens (tertiary/aromatic N) is 1. The number of phenols is 2. The molecule has 1 saturated heterocycles. The molecule has 0 spiro atoms. The van der Waals surface area contributed by atoms with Crippen LogP contribution in [0.5, 0.6) is 17.2 Å². The molecule has 8 nitrogen and oxygen atoms in total. The van der Waals surface area contributed by atoms with E-state index in [0.29, 0.717) is 35.3 Å². The number of methoxy groups -OCH3 is 1. The van der Waals surface area contributed by atoms with Gasteiger partial charge in [-0.1, -0.05) is 29.8 Å². The van der Waals surface area contributed by atoms with E-state index in [2.05, 4.69) is 15.9 Å². The van der Waals surface area contributed by atoms with E-state index < -0.39 is 23.7 Å². The van der Waals surface area contributed by atoms with E-state index in [1.165, 1.54) is 30.2 Å². The molecular formula is C31H26BrNO7. The molecule has 0 aromatic heterocycles. The number of ether oxygens (including phenoxy) is 1. The largest absolute Gasteiger partial charge is 0.508 e. The number of carbonyl (C=O) groups is 4. The van der Waals surface area contributed by atoms with Gasteiger partial charge in [-0.3, -0.25) is 24.1 Å². The Labute approximate surface area is 238 Å². The van der Waals surface area contributed by atoms with Crippen molar-refractivity contribution in [1.29, 1.82) is 0 Å². The Hall–Kier alpha value is -3.98. The number of hydrogen-bond acceptors (Lipinski definition) is 7. The van der Waals surface area contributed by atoms with Crippen molar-refractivity contribution in [2.45, 2.75) is 25.2 Å². The molecule has 0 radical (unpaired) electrons. The summed E-state index contributed by atoms with van der Waals surface area (Å²) in [4.78, 5) is 55.4. The van der Waals surface area contributed by atoms with Gasteiger partial charge in [0, 0.05) is 41.3 Å². The lowest BCUT2D eigenvalue weighted by atomic mass is 9.59. The summed E-state index contributed by atoms with van der Waals surface area (Å²) in [6.45, 7) is 0.215. The summed E-state index contributed by atoms with van der Waals surface area (Å²) in [5, 5.41) is 19.6. The molecule has 2 aromatic rings. The van der Waals surface area contributed by atoms with Gasteiger partial charge < -0.3 is 14.9 Å². The Morgan fingerprint density at radius 2 is 1.70 bits per heavy atom. The van der Waals surface area contributed by atoms with Crippen LogP contribution in [0.25, 0.3) is 0 Å². The zero-order chi connectivity index (χ0) is 28.3. The molecule has 1 heterocycles. The molecule has 2 N–H and O–H groups in total. The minimum atomic E-state index is -0.660. The molecule has 1 fully saturated rings. The number of Topliss-reactive ketones (excluding diaryl/α,β-unsaturated/α-hetero) is 1. The molecule has 4 aliphatic rings. The van der Waals surface area contributed by atoms with Crippen LogP contribution in [0.15, 0.2) is 75.8 Å². The predicted molar refractivity (Wildman–Crippen MR) is 148 cm³/mol. The molecule has 1 aliphatic heterocycles. The molecule has 3 aliphatic carbocycles. The van der Waals surface area contributed by atoms with E-state index in [0.717, 1.165) is 11.1 Å². The van der Waals surface area contributed by atoms with Crippen molar-refractivity contribution in [3.05, 3.63) is 86.9 Å². The van der Waals surface area contributed by atoms with Crippen molar-refractivity contribution in [3.8, 4) is 17.2 Å². The average molecular weight is 604 g/mol. The highest BCUT2D eigenvalue weighted by Crippen LogP contribution is 2.56. The van der Waals surface area contributed by atoms with E-state index in [4.69, 9.17) is 4.74 Å². The standard InChI is InChI=1S/C31H26BrNO7/c1-40-25-12-17(35)6-7-19(25)26-18-8-9-20-27(21(18)13-22-28(26)24(36)14-23(32)29(22)37)31(39)33(30(20)38)11-10-15-2-4-16(34)5-3-15/h2-8,12,14,20-21,26-27,34-35H,9-11,13H2,1H3/t20-,21+,26+,27-/m0/s1. The smallest absolute Gasteiger partial charge is 0.233 e. The Balaban J connectivity index is 1.40. The SMILES string of the molecule is COc1cc(O)ccc1[C@H]1C2=CC[C@@H]3C(=O)N(CCc4ccc(O)cc4)C(=O)[C@@H]3[C@@H]2CC2=C1C(=O)C=C(Br)C2=O. The molecule has 0 unspecified atom stereocenters. The molecule has 2 aromatic carbocycles. The second kappa shape index (κ2) is 9.89. The third kappa shape index (κ3) is 4.11. The van der Waals surface area contributed by atoms with Crippen LogP contribution in [0, 0.1) is 17.8 Å². The zero-order valence-corrected chi connectivity index (χ0v) is 23.2. The number of likely N-dealkylation sites (tertiary alicyclic amines) is 1. The van der Waals surface area contributed by atoms with E-state index in [1.54, 1.807) is 30.3 Å². The van der Waals surface area contributed by atoms with Crippen molar-refractivity contribution in [2.75, 3.05) is 13.7 Å². The lowest BCUT2D eigenvalue weighted by molar-refractivity contribution is -0.140. The second-order valence-corrected chi connectivity index (χ2v) is 11.4. The lowest BCUT2D eigenvalue weighted by Crippen LogP contribution is -2.39. The van der Waals surface area contributed by atoms with Gasteiger partial charge in [-0.25, -0.2) is 0 Å². The number of hydrogen-bond donors (Lipinski definition) is 2. The summed E-state index contributed by atoms with van der Waals surface area (Å²) >= 11 is 3.23. The van der Waals surface area contributed by atoms with Crippen LogP contribution >= 0.6 is 15.9 Å². The van der Waals surface area contributed by atoms with Crippen LogP contribution in [0.1, 0.15) is 29.9 Å². The molecule has 9 heteroatoms. The maximum atomic E-state index is 13.9. The Morgan fingerprint density at radius 1 is 0.975 bits per heavy atom. The number of rotatable bonds is 5. The van der Waals surface area contributed by atoms with Gasteiger partial charge in [-0.2, -0.15) is 0 Å². The first-order valence-electron chi connectivity index (χ1n) is 13.1. The summed E-state index contributed by atoms with van der Waals surface area (Å²) in [5.74, 6) is -2.91. The number of benzene rings is 2. The van der Waals surface area contributed by atoms with E-state index in [-0.39, 0.29) is 52.3 Å². The highest BCUT2D eigenvalue weighted by Gasteiger charge is 2.56. The monoisotopic (exact) mass is 603 g/mol. The van der Waals surface area contributed by atoms with Crippen molar-refractivity contribution in [1.82, 2.24) is 4.90 Å². The predicted octanol–water partition coefficient (Wildman–Crippen LogP) is 4.11. The molecule has 204 valence electrons. The molecular weight excluding hydrogens is 578 g/mol. The van der Waals surface area contributed by atoms with Crippen molar-refractivity contribution < 1.29 is 34.1 Å². The number of ketones is 2. The highest BCUT2D eigenvalue weighted by atomic mass is 79.9. The minimum absolute atomic E-state index is 0.00521. The molecule has 0 bridgehead atoms. The van der Waals surface area contributed by atoms with E-state index in [1.807, 2.05) is 6.08 Å². The molecule has 0 saturated carbocycles. The van der Waals surface area contributed by atoms with Crippen LogP contribution in [-0.4, -0.2) is 52.1 Å². The molecule has 40 heavy (non-hydrogen) atoms. The molecule has 2 amide bonds. The maximum Gasteiger partial charge on any atom is 0.233 e. The normalized spacial score (nSPS) is 25.8. The maximum absolute atomic E-state index is 13.9. The Kier molecular flexibility index (Phi) is 6.49. The van der Waals surface area contributed by atoms with E-state index in [9.17, 15) is 29.4 Å². The highest BCUT2D eigenvalue weighted by molar-refractivity contribution is 9.12. The summed E-state index contributed by atoms with van der Waals surface area (Å²) < 4.78 is 5.73. The van der Waals surface area contributed by atoms with Crippen molar-refractivity contribution in [3.63, 3.8) is 0 Å². The third-order valence-corrected chi connectivity index (χ3v) is 9.10. The van der Waals surface area contributed by atoms with Gasteiger partial charge in [0.25, 0.3) is 0 Å². The van der Waals surface area contributed by atoms with Crippen molar-refractivity contribution in [2.24, 2.45) is 17.8 Å². The average Bonchev–Trinajstić information content (AvgIpc) is 3.19. The van der Waals surface area contributed by atoms with Gasteiger partial charge in [-0.05, 0) is 64.9 Å². The number of allylic oxidation sites excluding steroid dienone is 6. The number of fused-ring (bicyclic) bond motifs is 3. The Morgan fingerprint density at radius 3 is 2.42 bits per heavy atom. The van der Waals surface area contributed by atoms with Crippen LogP contribution in [0.2, 0.25) is 0 Å². The van der Waals surface area contributed by atoms with Gasteiger partial charge in [0.05, 0.1) is 23.4 Å².